The van der Waals surface area contributed by atoms with E-state index in [1.165, 1.54) is 6.33 Å². The van der Waals surface area contributed by atoms with Crippen molar-refractivity contribution in [2.24, 2.45) is 0 Å². The van der Waals surface area contributed by atoms with Crippen molar-refractivity contribution >= 4 is 57.4 Å². The SMILES string of the molecule is CCCC(=O)O[C@@H]1[C@@H]2OP(O)(=S)OC[C@H]2O[C@H]1n1c(Br)nc2c(N)ncnc21. The van der Waals surface area contributed by atoms with E-state index in [4.69, 9.17) is 36.1 Å². The van der Waals surface area contributed by atoms with Gasteiger partial charge in [0.2, 0.25) is 0 Å². The fourth-order valence-corrected chi connectivity index (χ4v) is 5.18. The molecule has 2 aliphatic heterocycles. The Morgan fingerprint density at radius 2 is 2.36 bits per heavy atom. The van der Waals surface area contributed by atoms with Crippen LogP contribution in [0.4, 0.5) is 5.82 Å². The molecular formula is C14H17BrN5O6PS. The Balaban J connectivity index is 1.76. The van der Waals surface area contributed by atoms with Crippen molar-refractivity contribution in [3.63, 3.8) is 0 Å². The summed E-state index contributed by atoms with van der Waals surface area (Å²) in [6.07, 6.45) is -0.987. The molecule has 152 valence electrons. The number of carbonyl (C=O) groups is 1. The van der Waals surface area contributed by atoms with Crippen molar-refractivity contribution in [2.75, 3.05) is 12.3 Å². The lowest BCUT2D eigenvalue weighted by Crippen LogP contribution is -2.41. The monoisotopic (exact) mass is 493 g/mol. The zero-order valence-electron chi connectivity index (χ0n) is 14.6. The van der Waals surface area contributed by atoms with Gasteiger partial charge in [0, 0.05) is 6.42 Å². The molecule has 11 nitrogen and oxygen atoms in total. The largest absolute Gasteiger partial charge is 0.455 e. The van der Waals surface area contributed by atoms with Gasteiger partial charge in [0.15, 0.2) is 34.0 Å². The summed E-state index contributed by atoms with van der Waals surface area (Å²) in [5.74, 6) is -0.220. The van der Waals surface area contributed by atoms with Gasteiger partial charge in [-0.2, -0.15) is 0 Å². The summed E-state index contributed by atoms with van der Waals surface area (Å²) in [5, 5.41) is 0. The first-order valence-corrected chi connectivity index (χ1v) is 11.8. The number of ether oxygens (including phenoxy) is 2. The minimum Gasteiger partial charge on any atom is -0.455 e. The van der Waals surface area contributed by atoms with Gasteiger partial charge in [-0.05, 0) is 34.2 Å². The predicted octanol–water partition coefficient (Wildman–Crippen LogP) is 1.41. The van der Waals surface area contributed by atoms with E-state index in [0.717, 1.165) is 0 Å². The maximum Gasteiger partial charge on any atom is 0.325 e. The van der Waals surface area contributed by atoms with Crippen LogP contribution in [-0.4, -0.2) is 55.3 Å². The van der Waals surface area contributed by atoms with Gasteiger partial charge < -0.3 is 24.6 Å². The molecule has 0 aliphatic carbocycles. The fourth-order valence-electron chi connectivity index (χ4n) is 3.19. The number of imidazole rings is 1. The number of fused-ring (bicyclic) bond motifs is 2. The molecule has 28 heavy (non-hydrogen) atoms. The Labute approximate surface area is 172 Å². The second-order valence-corrected chi connectivity index (χ2v) is 9.79. The maximum atomic E-state index is 12.2. The Hall–Kier alpha value is -1.21. The van der Waals surface area contributed by atoms with Crippen molar-refractivity contribution in [3.8, 4) is 0 Å². The van der Waals surface area contributed by atoms with Gasteiger partial charge in [-0.25, -0.2) is 15.0 Å². The van der Waals surface area contributed by atoms with Crippen LogP contribution < -0.4 is 5.73 Å². The predicted molar refractivity (Wildman–Crippen MR) is 103 cm³/mol. The summed E-state index contributed by atoms with van der Waals surface area (Å²) in [5.41, 5.74) is 6.65. The molecule has 2 aliphatic rings. The molecule has 2 aromatic heterocycles. The quantitative estimate of drug-likeness (QED) is 0.362. The van der Waals surface area contributed by atoms with Gasteiger partial charge in [0.05, 0.1) is 6.61 Å². The molecule has 4 rings (SSSR count). The maximum absolute atomic E-state index is 12.2. The average molecular weight is 494 g/mol. The number of halogens is 1. The standard InChI is InChI=1S/C14H17BrN5O6PS/c1-2-3-7(21)25-10-9-6(4-23-27(22,28)26-9)24-13(10)20-12-8(19-14(20)15)11(16)17-5-18-12/h5-6,9-10,13H,2-4H2,1H3,(H,22,28)(H2,16,17,18)/t6-,9-,10-,13-,27?/m1/s1. The highest BCUT2D eigenvalue weighted by Gasteiger charge is 2.54. The molecule has 0 aromatic carbocycles. The molecule has 4 heterocycles. The normalized spacial score (nSPS) is 32.4. The highest BCUT2D eigenvalue weighted by atomic mass is 79.9. The number of esters is 1. The third kappa shape index (κ3) is 3.56. The van der Waals surface area contributed by atoms with Crippen LogP contribution >= 0.6 is 22.6 Å². The lowest BCUT2D eigenvalue weighted by atomic mass is 10.1. The fraction of sp³-hybridized carbons (Fsp3) is 0.571. The highest BCUT2D eigenvalue weighted by Crippen LogP contribution is 2.53. The van der Waals surface area contributed by atoms with Crippen molar-refractivity contribution in [1.29, 1.82) is 0 Å². The number of anilines is 1. The molecule has 0 amide bonds. The molecule has 2 saturated heterocycles. The summed E-state index contributed by atoms with van der Waals surface area (Å²) in [6.45, 7) is -1.57. The van der Waals surface area contributed by atoms with Crippen molar-refractivity contribution < 1.29 is 28.2 Å². The number of aromatic nitrogens is 4. The zero-order valence-corrected chi connectivity index (χ0v) is 17.9. The molecule has 1 unspecified atom stereocenters. The van der Waals surface area contributed by atoms with Crippen LogP contribution in [-0.2, 0) is 35.1 Å². The lowest BCUT2D eigenvalue weighted by Gasteiger charge is -2.31. The smallest absolute Gasteiger partial charge is 0.325 e. The Morgan fingerprint density at radius 3 is 3.11 bits per heavy atom. The summed E-state index contributed by atoms with van der Waals surface area (Å²) < 4.78 is 24.4. The molecule has 0 saturated carbocycles. The molecule has 2 aromatic rings. The summed E-state index contributed by atoms with van der Waals surface area (Å²) in [4.78, 5) is 34.8. The van der Waals surface area contributed by atoms with Crippen LogP contribution in [0.25, 0.3) is 11.2 Å². The van der Waals surface area contributed by atoms with Gasteiger partial charge in [-0.1, -0.05) is 6.92 Å². The van der Waals surface area contributed by atoms with E-state index >= 15 is 0 Å². The lowest BCUT2D eigenvalue weighted by molar-refractivity contribution is -0.158. The average Bonchev–Trinajstić information content (AvgIpc) is 3.12. The topological polar surface area (TPSA) is 144 Å². The van der Waals surface area contributed by atoms with E-state index < -0.39 is 37.2 Å². The zero-order chi connectivity index (χ0) is 20.1. The van der Waals surface area contributed by atoms with Gasteiger partial charge in [-0.3, -0.25) is 13.9 Å². The Bertz CT molecular complexity index is 975. The molecule has 5 atom stereocenters. The van der Waals surface area contributed by atoms with Crippen molar-refractivity contribution in [2.45, 2.75) is 44.3 Å². The Morgan fingerprint density at radius 1 is 1.57 bits per heavy atom. The van der Waals surface area contributed by atoms with Gasteiger partial charge in [0.1, 0.15) is 18.5 Å². The van der Waals surface area contributed by atoms with E-state index in [1.54, 1.807) is 4.57 Å². The number of nitrogen functional groups attached to an aromatic ring is 1. The number of nitrogens with two attached hydrogens (primary N) is 1. The first-order chi connectivity index (χ1) is 13.3. The molecule has 2 fully saturated rings. The van der Waals surface area contributed by atoms with E-state index in [0.29, 0.717) is 22.3 Å². The third-order valence-electron chi connectivity index (χ3n) is 4.38. The van der Waals surface area contributed by atoms with E-state index in [2.05, 4.69) is 30.9 Å². The number of hydrogen-bond acceptors (Lipinski definition) is 10. The van der Waals surface area contributed by atoms with Gasteiger partial charge in [-0.15, -0.1) is 0 Å². The first-order valence-electron chi connectivity index (χ1n) is 8.45. The first kappa shape index (κ1) is 20.1. The van der Waals surface area contributed by atoms with Crippen LogP contribution in [0, 0.1) is 0 Å². The summed E-state index contributed by atoms with van der Waals surface area (Å²) >= 11 is 8.33. The molecule has 0 spiro atoms. The minimum atomic E-state index is -3.44. The van der Waals surface area contributed by atoms with Crippen LogP contribution in [0.2, 0.25) is 0 Å². The Kier molecular flexibility index (Phi) is 5.42. The molecule has 14 heteroatoms. The molecule has 0 radical (unpaired) electrons. The van der Waals surface area contributed by atoms with E-state index in [9.17, 15) is 9.69 Å². The summed E-state index contributed by atoms with van der Waals surface area (Å²) in [7, 11) is 0. The molecule has 0 bridgehead atoms. The van der Waals surface area contributed by atoms with Crippen LogP contribution in [0.15, 0.2) is 11.1 Å². The van der Waals surface area contributed by atoms with E-state index in [1.807, 2.05) is 6.92 Å². The molecule has 3 N–H and O–H groups in total. The summed E-state index contributed by atoms with van der Waals surface area (Å²) in [6, 6.07) is 0. The third-order valence-corrected chi connectivity index (χ3v) is 6.50. The van der Waals surface area contributed by atoms with Crippen LogP contribution in [0.3, 0.4) is 0 Å². The van der Waals surface area contributed by atoms with Crippen molar-refractivity contribution in [3.05, 3.63) is 11.1 Å². The van der Waals surface area contributed by atoms with E-state index in [-0.39, 0.29) is 18.8 Å². The van der Waals surface area contributed by atoms with Crippen molar-refractivity contribution in [1.82, 2.24) is 19.5 Å². The van der Waals surface area contributed by atoms with Crippen LogP contribution in [0.5, 0.6) is 0 Å². The number of rotatable bonds is 4. The number of hydrogen-bond donors (Lipinski definition) is 2. The highest BCUT2D eigenvalue weighted by molar-refractivity contribution is 9.10. The second-order valence-electron chi connectivity index (χ2n) is 6.29. The van der Waals surface area contributed by atoms with Gasteiger partial charge in [0.25, 0.3) is 0 Å². The number of carbonyl (C=O) groups excluding carboxylic acids is 1. The molecular weight excluding hydrogens is 477 g/mol. The second kappa shape index (κ2) is 7.56. The number of nitrogens with zero attached hydrogens (tertiary/aromatic N) is 4. The van der Waals surface area contributed by atoms with Crippen LogP contribution in [0.1, 0.15) is 26.0 Å². The minimum absolute atomic E-state index is 0.0120. The van der Waals surface area contributed by atoms with Gasteiger partial charge >= 0.3 is 12.7 Å².